The second kappa shape index (κ2) is 27.5. The van der Waals surface area contributed by atoms with Crippen LogP contribution in [0.2, 0.25) is 0 Å². The van der Waals surface area contributed by atoms with Crippen LogP contribution in [0, 0.1) is 0 Å². The summed E-state index contributed by atoms with van der Waals surface area (Å²) >= 11 is 4.94. The van der Waals surface area contributed by atoms with E-state index in [1.807, 2.05) is 0 Å². The Kier molecular flexibility index (Phi) is 32.8. The minimum atomic E-state index is -1.08. The van der Waals surface area contributed by atoms with Gasteiger partial charge < -0.3 is 22.8 Å². The minimum absolute atomic E-state index is 0. The van der Waals surface area contributed by atoms with Gasteiger partial charge in [0, 0.05) is 0 Å². The van der Waals surface area contributed by atoms with E-state index >= 15 is 0 Å². The average molecular weight is 399 g/mol. The zero-order valence-electron chi connectivity index (χ0n) is 17.1. The summed E-state index contributed by atoms with van der Waals surface area (Å²) in [5.74, 6) is -1.20. The maximum atomic E-state index is 9.64. The Morgan fingerprint density at radius 2 is 0.885 bits per heavy atom. The molecule has 0 spiro atoms. The Balaban J connectivity index is -0.000000498. The third-order valence-electron chi connectivity index (χ3n) is 4.05. The van der Waals surface area contributed by atoms with Gasteiger partial charge in [0.1, 0.15) is 0 Å². The molecule has 0 aromatic heterocycles. The summed E-state index contributed by atoms with van der Waals surface area (Å²) in [4.78, 5) is 19.3. The molecule has 0 bridgehead atoms. The normalized spacial score (nSPS) is 9.77. The zero-order valence-corrected chi connectivity index (χ0v) is 20.0. The fraction of sp³-hybridized carbons (Fsp3) is 0.900. The summed E-state index contributed by atoms with van der Waals surface area (Å²) < 4.78 is 0. The monoisotopic (exact) mass is 398 g/mol. The predicted octanol–water partition coefficient (Wildman–Crippen LogP) is 2.95. The Hall–Kier alpha value is 0.290. The van der Waals surface area contributed by atoms with E-state index in [0.717, 1.165) is 5.75 Å². The van der Waals surface area contributed by atoms with Gasteiger partial charge in [-0.05, 0) is 0 Å². The fourth-order valence-electron chi connectivity index (χ4n) is 2.51. The quantitative estimate of drug-likeness (QED) is 0.224. The van der Waals surface area contributed by atoms with Crippen molar-refractivity contribution >= 4 is 24.6 Å². The maximum absolute atomic E-state index is 9.64. The first-order valence-corrected chi connectivity index (χ1v) is 10.6. The minimum Gasteiger partial charge on any atom is -0.793 e. The van der Waals surface area contributed by atoms with Crippen molar-refractivity contribution in [3.05, 3.63) is 0 Å². The number of carbonyl (C=O) groups is 2. The summed E-state index contributed by atoms with van der Waals surface area (Å²) in [6.07, 6.45) is 19.4. The van der Waals surface area contributed by atoms with E-state index in [1.54, 1.807) is 0 Å². The van der Waals surface area contributed by atoms with Gasteiger partial charge in [-0.15, -0.1) is 0 Å². The summed E-state index contributed by atoms with van der Waals surface area (Å²) in [5, 5.41) is 15.8. The largest absolute Gasteiger partial charge is 1.00 e. The molecule has 0 saturated carbocycles. The molecule has 0 rings (SSSR count). The van der Waals surface area contributed by atoms with E-state index in [0.29, 0.717) is 0 Å². The molecule has 0 unspecified atom stereocenters. The van der Waals surface area contributed by atoms with Gasteiger partial charge in [-0.1, -0.05) is 96.8 Å². The van der Waals surface area contributed by atoms with Crippen LogP contribution in [0.3, 0.4) is 0 Å². The molecule has 0 saturated heterocycles. The van der Waals surface area contributed by atoms with Crippen LogP contribution in [-0.2, 0) is 22.2 Å². The number of hydrogen-bond acceptors (Lipinski definition) is 3. The van der Waals surface area contributed by atoms with Gasteiger partial charge in [0.15, 0.2) is 0 Å². The van der Waals surface area contributed by atoms with Crippen LogP contribution in [0.25, 0.3) is 0 Å². The van der Waals surface area contributed by atoms with Crippen molar-refractivity contribution in [3.63, 3.8) is 0 Å². The number of carboxylic acid groups (broad SMARTS) is 2. The van der Waals surface area contributed by atoms with Gasteiger partial charge in [0.25, 0.3) is 0 Å². The van der Waals surface area contributed by atoms with Crippen LogP contribution in [0.1, 0.15) is 110 Å². The van der Waals surface area contributed by atoms with E-state index in [2.05, 4.69) is 6.92 Å². The molecule has 0 aliphatic rings. The molecular formula is C20H39NaO4S. The third kappa shape index (κ3) is 35.4. The number of aliphatic carboxylic acids is 2. The first-order chi connectivity index (χ1) is 12.0. The van der Waals surface area contributed by atoms with Crippen molar-refractivity contribution in [2.75, 3.05) is 5.75 Å². The number of rotatable bonds is 17. The van der Waals surface area contributed by atoms with Crippen LogP contribution in [0.15, 0.2) is 0 Å². The molecule has 150 valence electrons. The standard InChI is InChI=1S/C16H34S.C4H6O4.Na/c1-2-3-4-5-6-7-8-9-10-11-12-13-14-15-16-17;5-3(6)1-2-4(7)8;/h17H,2-16H2,1H3;1-2H2,(H,5,6)(H,7,8);/q;;+1/p-1. The van der Waals surface area contributed by atoms with Crippen molar-refractivity contribution < 1.29 is 49.4 Å². The van der Waals surface area contributed by atoms with Crippen LogP contribution < -0.4 is 29.6 Å². The average Bonchev–Trinajstić information content (AvgIpc) is 2.58. The molecule has 6 heteroatoms. The number of hydrogen-bond donors (Lipinski definition) is 2. The van der Waals surface area contributed by atoms with Crippen molar-refractivity contribution in [2.45, 2.75) is 110 Å². The second-order valence-corrected chi connectivity index (χ2v) is 7.00. The molecule has 0 aliphatic heterocycles. The van der Waals surface area contributed by atoms with Crippen LogP contribution in [0.5, 0.6) is 0 Å². The zero-order chi connectivity index (χ0) is 19.2. The van der Waals surface area contributed by atoms with E-state index in [1.165, 1.54) is 89.9 Å². The van der Waals surface area contributed by atoms with Gasteiger partial charge in [0.2, 0.25) is 0 Å². The van der Waals surface area contributed by atoms with E-state index in [9.17, 15) is 9.59 Å². The predicted molar refractivity (Wildman–Crippen MR) is 107 cm³/mol. The molecule has 0 radical (unpaired) electrons. The van der Waals surface area contributed by atoms with Crippen molar-refractivity contribution in [2.24, 2.45) is 0 Å². The second-order valence-electron chi connectivity index (χ2n) is 6.59. The molecular weight excluding hydrogens is 359 g/mol. The maximum Gasteiger partial charge on any atom is 1.00 e. The van der Waals surface area contributed by atoms with E-state index in [4.69, 9.17) is 22.8 Å². The smallest absolute Gasteiger partial charge is 0.793 e. The fourth-order valence-corrected chi connectivity index (χ4v) is 2.71. The van der Waals surface area contributed by atoms with Gasteiger partial charge in [-0.3, -0.25) is 9.59 Å². The molecule has 0 aliphatic carbocycles. The molecule has 0 heterocycles. The molecule has 0 atom stereocenters. The SMILES string of the molecule is CCCCCCCCCCCCCCCC[S-].O=C(O)CCC(=O)O.[Na+]. The van der Waals surface area contributed by atoms with Gasteiger partial charge in [-0.25, -0.2) is 0 Å². The number of carboxylic acids is 2. The third-order valence-corrected chi connectivity index (χ3v) is 4.34. The summed E-state index contributed by atoms with van der Waals surface area (Å²) in [7, 11) is 0. The summed E-state index contributed by atoms with van der Waals surface area (Å²) in [6, 6.07) is 0. The Morgan fingerprint density at radius 3 is 1.12 bits per heavy atom. The van der Waals surface area contributed by atoms with Crippen molar-refractivity contribution in [1.82, 2.24) is 0 Å². The van der Waals surface area contributed by atoms with Crippen molar-refractivity contribution in [3.8, 4) is 0 Å². The van der Waals surface area contributed by atoms with Crippen LogP contribution in [-0.4, -0.2) is 27.9 Å². The van der Waals surface area contributed by atoms with Gasteiger partial charge in [0.05, 0.1) is 12.8 Å². The first-order valence-electron chi connectivity index (χ1n) is 10.1. The molecule has 26 heavy (non-hydrogen) atoms. The van der Waals surface area contributed by atoms with E-state index < -0.39 is 11.9 Å². The molecule has 0 aromatic rings. The molecule has 0 amide bonds. The molecule has 0 aromatic carbocycles. The van der Waals surface area contributed by atoms with Crippen molar-refractivity contribution in [1.29, 1.82) is 0 Å². The number of unbranched alkanes of at least 4 members (excludes halogenated alkanes) is 13. The summed E-state index contributed by atoms with van der Waals surface area (Å²) in [5.41, 5.74) is 0. The van der Waals surface area contributed by atoms with Crippen LogP contribution >= 0.6 is 0 Å². The van der Waals surface area contributed by atoms with Gasteiger partial charge in [-0.2, -0.15) is 5.75 Å². The topological polar surface area (TPSA) is 74.6 Å². The Bertz CT molecular complexity index is 274. The Morgan fingerprint density at radius 1 is 0.615 bits per heavy atom. The van der Waals surface area contributed by atoms with Crippen LogP contribution in [0.4, 0.5) is 0 Å². The molecule has 4 nitrogen and oxygen atoms in total. The van der Waals surface area contributed by atoms with E-state index in [-0.39, 0.29) is 42.4 Å². The van der Waals surface area contributed by atoms with Gasteiger partial charge >= 0.3 is 41.5 Å². The Labute approximate surface area is 188 Å². The summed E-state index contributed by atoms with van der Waals surface area (Å²) in [6.45, 7) is 2.29. The molecule has 2 N–H and O–H groups in total. The first kappa shape index (κ1) is 31.0. The molecule has 0 fully saturated rings.